The first-order valence-electron chi connectivity index (χ1n) is 6.22. The first kappa shape index (κ1) is 12.9. The maximum atomic E-state index is 5.95. The van der Waals surface area contributed by atoms with E-state index in [0.29, 0.717) is 17.3 Å². The number of anilines is 1. The number of nitrogens with two attached hydrogens (primary N) is 1. The Hall–Kier alpha value is -2.07. The number of nitrogens with zero attached hydrogens (tertiary/aromatic N) is 1. The Balaban J connectivity index is 2.11. The summed E-state index contributed by atoms with van der Waals surface area (Å²) < 4.78 is 6.91. The molecule has 1 aromatic heterocycles. The van der Waals surface area contributed by atoms with Gasteiger partial charge >= 0.3 is 0 Å². The molecule has 0 amide bonds. The summed E-state index contributed by atoms with van der Waals surface area (Å²) in [5.41, 5.74) is 7.64. The number of rotatable bonds is 2. The highest BCUT2D eigenvalue weighted by molar-refractivity contribution is 9.10. The van der Waals surface area contributed by atoms with Gasteiger partial charge in [-0.05, 0) is 42.8 Å². The third-order valence-electron chi connectivity index (χ3n) is 3.09. The van der Waals surface area contributed by atoms with E-state index in [4.69, 9.17) is 10.5 Å². The van der Waals surface area contributed by atoms with Crippen molar-refractivity contribution in [2.45, 2.75) is 6.92 Å². The number of hydrogen-bond acceptors (Lipinski definition) is 3. The molecule has 0 aliphatic heterocycles. The maximum absolute atomic E-state index is 5.95. The summed E-state index contributed by atoms with van der Waals surface area (Å²) in [4.78, 5) is 4.32. The summed E-state index contributed by atoms with van der Waals surface area (Å²) >= 11 is 3.53. The third kappa shape index (κ3) is 2.34. The smallest absolute Gasteiger partial charge is 0.227 e. The number of aryl methyl sites for hydroxylation is 1. The first-order valence-corrected chi connectivity index (χ1v) is 7.01. The molecule has 0 bridgehead atoms. The van der Waals surface area contributed by atoms with Crippen LogP contribution in [0.25, 0.3) is 10.8 Å². The molecule has 0 aliphatic rings. The minimum atomic E-state index is 0.557. The lowest BCUT2D eigenvalue weighted by molar-refractivity contribution is 0.471. The Morgan fingerprint density at radius 2 is 1.95 bits per heavy atom. The average molecular weight is 329 g/mol. The fraction of sp³-hybridized carbons (Fsp3) is 0.0625. The SMILES string of the molecule is Cc1ccc(N)c(Oc2nccc3c(Br)cccc23)c1. The monoisotopic (exact) mass is 328 g/mol. The molecule has 3 rings (SSSR count). The number of ether oxygens (including phenoxy) is 1. The lowest BCUT2D eigenvalue weighted by atomic mass is 10.2. The molecule has 20 heavy (non-hydrogen) atoms. The van der Waals surface area contributed by atoms with Gasteiger partial charge in [-0.1, -0.05) is 28.1 Å². The van der Waals surface area contributed by atoms with E-state index in [1.807, 2.05) is 49.4 Å². The highest BCUT2D eigenvalue weighted by atomic mass is 79.9. The van der Waals surface area contributed by atoms with Crippen molar-refractivity contribution in [1.29, 1.82) is 0 Å². The van der Waals surface area contributed by atoms with Crippen LogP contribution in [0.3, 0.4) is 0 Å². The van der Waals surface area contributed by atoms with Gasteiger partial charge in [0.1, 0.15) is 0 Å². The van der Waals surface area contributed by atoms with Gasteiger partial charge in [0.05, 0.1) is 5.69 Å². The minimum absolute atomic E-state index is 0.557. The summed E-state index contributed by atoms with van der Waals surface area (Å²) in [6.45, 7) is 2.00. The van der Waals surface area contributed by atoms with Gasteiger partial charge in [0.25, 0.3) is 0 Å². The molecule has 0 radical (unpaired) electrons. The van der Waals surface area contributed by atoms with Crippen LogP contribution in [0.15, 0.2) is 53.1 Å². The highest BCUT2D eigenvalue weighted by Gasteiger charge is 2.09. The van der Waals surface area contributed by atoms with Crippen molar-refractivity contribution >= 4 is 32.4 Å². The second-order valence-corrected chi connectivity index (χ2v) is 5.45. The van der Waals surface area contributed by atoms with E-state index >= 15 is 0 Å². The Kier molecular flexibility index (Phi) is 3.32. The van der Waals surface area contributed by atoms with Crippen molar-refractivity contribution in [2.75, 3.05) is 5.73 Å². The van der Waals surface area contributed by atoms with Crippen LogP contribution in [-0.4, -0.2) is 4.98 Å². The lowest BCUT2D eigenvalue weighted by Crippen LogP contribution is -1.95. The predicted octanol–water partition coefficient (Wildman–Crippen LogP) is 4.68. The van der Waals surface area contributed by atoms with Crippen LogP contribution in [-0.2, 0) is 0 Å². The van der Waals surface area contributed by atoms with Crippen molar-refractivity contribution in [3.05, 3.63) is 58.7 Å². The number of hydrogen-bond donors (Lipinski definition) is 1. The largest absolute Gasteiger partial charge is 0.436 e. The molecule has 0 saturated carbocycles. The average Bonchev–Trinajstić information content (AvgIpc) is 2.44. The van der Waals surface area contributed by atoms with E-state index in [-0.39, 0.29) is 0 Å². The highest BCUT2D eigenvalue weighted by Crippen LogP contribution is 2.33. The molecule has 3 aromatic rings. The zero-order valence-corrected chi connectivity index (χ0v) is 12.5. The molecule has 0 fully saturated rings. The number of nitrogen functional groups attached to an aromatic ring is 1. The Bertz CT molecular complexity index is 787. The predicted molar refractivity (Wildman–Crippen MR) is 85.1 cm³/mol. The van der Waals surface area contributed by atoms with Gasteiger partial charge in [-0.25, -0.2) is 4.98 Å². The van der Waals surface area contributed by atoms with E-state index in [1.165, 1.54) is 0 Å². The summed E-state index contributed by atoms with van der Waals surface area (Å²) in [5.74, 6) is 1.19. The quantitative estimate of drug-likeness (QED) is 0.695. The summed E-state index contributed by atoms with van der Waals surface area (Å²) in [5, 5.41) is 2.01. The van der Waals surface area contributed by atoms with Gasteiger partial charge < -0.3 is 10.5 Å². The van der Waals surface area contributed by atoms with Gasteiger partial charge in [0, 0.05) is 21.4 Å². The molecule has 0 atom stereocenters. The lowest BCUT2D eigenvalue weighted by Gasteiger charge is -2.11. The van der Waals surface area contributed by atoms with Crippen molar-refractivity contribution in [1.82, 2.24) is 4.98 Å². The second-order valence-electron chi connectivity index (χ2n) is 4.59. The molecule has 3 nitrogen and oxygen atoms in total. The van der Waals surface area contributed by atoms with Crippen LogP contribution in [0.4, 0.5) is 5.69 Å². The Morgan fingerprint density at radius 1 is 1.10 bits per heavy atom. The van der Waals surface area contributed by atoms with Crippen molar-refractivity contribution in [3.8, 4) is 11.6 Å². The molecule has 0 spiro atoms. The van der Waals surface area contributed by atoms with Gasteiger partial charge in [0.15, 0.2) is 5.75 Å². The minimum Gasteiger partial charge on any atom is -0.436 e. The molecule has 1 heterocycles. The topological polar surface area (TPSA) is 48.1 Å². The fourth-order valence-corrected chi connectivity index (χ4v) is 2.56. The Labute approximate surface area is 125 Å². The van der Waals surface area contributed by atoms with Crippen LogP contribution in [0, 0.1) is 6.92 Å². The van der Waals surface area contributed by atoms with Gasteiger partial charge in [-0.2, -0.15) is 0 Å². The third-order valence-corrected chi connectivity index (χ3v) is 3.78. The molecule has 4 heteroatoms. The molecule has 100 valence electrons. The Morgan fingerprint density at radius 3 is 2.80 bits per heavy atom. The molecule has 0 saturated heterocycles. The van der Waals surface area contributed by atoms with Crippen molar-refractivity contribution in [2.24, 2.45) is 0 Å². The molecular weight excluding hydrogens is 316 g/mol. The van der Waals surface area contributed by atoms with E-state index in [9.17, 15) is 0 Å². The molecular formula is C16H13BrN2O. The second kappa shape index (κ2) is 5.13. The van der Waals surface area contributed by atoms with E-state index < -0.39 is 0 Å². The van der Waals surface area contributed by atoms with Crippen LogP contribution < -0.4 is 10.5 Å². The number of pyridine rings is 1. The number of aromatic nitrogens is 1. The zero-order chi connectivity index (χ0) is 14.1. The van der Waals surface area contributed by atoms with Crippen LogP contribution in [0.1, 0.15) is 5.56 Å². The van der Waals surface area contributed by atoms with E-state index in [1.54, 1.807) is 6.20 Å². The maximum Gasteiger partial charge on any atom is 0.227 e. The number of halogens is 1. The zero-order valence-electron chi connectivity index (χ0n) is 10.9. The van der Waals surface area contributed by atoms with E-state index in [0.717, 1.165) is 20.8 Å². The standard InChI is InChI=1S/C16H13BrN2O/c1-10-5-6-14(18)15(9-10)20-16-12-3-2-4-13(17)11(12)7-8-19-16/h2-9H,18H2,1H3. The van der Waals surface area contributed by atoms with Crippen LogP contribution in [0.2, 0.25) is 0 Å². The van der Waals surface area contributed by atoms with Crippen LogP contribution in [0.5, 0.6) is 11.6 Å². The molecule has 0 aliphatic carbocycles. The molecule has 2 N–H and O–H groups in total. The number of fused-ring (bicyclic) bond motifs is 1. The fourth-order valence-electron chi connectivity index (χ4n) is 2.06. The van der Waals surface area contributed by atoms with Gasteiger partial charge in [-0.15, -0.1) is 0 Å². The molecule has 0 unspecified atom stereocenters. The van der Waals surface area contributed by atoms with Crippen LogP contribution >= 0.6 is 15.9 Å². The first-order chi connectivity index (χ1) is 9.65. The summed E-state index contributed by atoms with van der Waals surface area (Å²) in [6, 6.07) is 13.6. The summed E-state index contributed by atoms with van der Waals surface area (Å²) in [6.07, 6.45) is 1.73. The van der Waals surface area contributed by atoms with Gasteiger partial charge in [-0.3, -0.25) is 0 Å². The van der Waals surface area contributed by atoms with E-state index in [2.05, 4.69) is 20.9 Å². The van der Waals surface area contributed by atoms with Crippen molar-refractivity contribution in [3.63, 3.8) is 0 Å². The molecule has 2 aromatic carbocycles. The van der Waals surface area contributed by atoms with Gasteiger partial charge in [0.2, 0.25) is 5.88 Å². The number of benzene rings is 2. The normalized spacial score (nSPS) is 10.7. The van der Waals surface area contributed by atoms with Crippen molar-refractivity contribution < 1.29 is 4.74 Å². The summed E-state index contributed by atoms with van der Waals surface area (Å²) in [7, 11) is 0.